The number of aliphatic imine (C=N–C) groups is 2. The van der Waals surface area contributed by atoms with Crippen molar-refractivity contribution < 1.29 is 32.7 Å². The zero-order valence-corrected chi connectivity index (χ0v) is 16.9. The van der Waals surface area contributed by atoms with Crippen molar-refractivity contribution in [3.63, 3.8) is 0 Å². The molecule has 0 aromatic carbocycles. The van der Waals surface area contributed by atoms with Crippen molar-refractivity contribution in [2.24, 2.45) is 15.7 Å². The maximum atomic E-state index is 13.5. The minimum absolute atomic E-state index is 0.191. The van der Waals surface area contributed by atoms with Crippen LogP contribution in [0.15, 0.2) is 57.5 Å². The van der Waals surface area contributed by atoms with E-state index in [1.165, 1.54) is 0 Å². The highest BCUT2D eigenvalue weighted by atomic mass is 19.3. The molecule has 0 spiro atoms. The Morgan fingerprint density at radius 2 is 2.23 bits per heavy atom. The largest absolute Gasteiger partial charge is 0.874 e. The van der Waals surface area contributed by atoms with E-state index >= 15 is 0 Å². The number of nitrogens with two attached hydrogens (primary N) is 1. The summed E-state index contributed by atoms with van der Waals surface area (Å²) < 4.78 is 39.6. The summed E-state index contributed by atoms with van der Waals surface area (Å²) in [6, 6.07) is -1.30. The number of nitrogens with zero attached hydrogens (tertiary/aromatic N) is 4. The van der Waals surface area contributed by atoms with Crippen LogP contribution in [0, 0.1) is 0 Å². The van der Waals surface area contributed by atoms with Gasteiger partial charge in [-0.15, -0.1) is 0 Å². The molecule has 1 atom stereocenters. The molecule has 4 aliphatic rings. The Morgan fingerprint density at radius 3 is 2.90 bits per heavy atom. The van der Waals surface area contributed by atoms with E-state index in [0.29, 0.717) is 42.3 Å². The van der Waals surface area contributed by atoms with Crippen LogP contribution in [0.5, 0.6) is 0 Å². The Kier molecular flexibility index (Phi) is 5.11. The highest BCUT2D eigenvalue weighted by Gasteiger charge is 2.44. The molecule has 1 fully saturated rings. The Balaban J connectivity index is 1.73. The lowest BCUT2D eigenvalue weighted by Gasteiger charge is -2.19. The van der Waals surface area contributed by atoms with Crippen molar-refractivity contribution in [3.8, 4) is 0 Å². The average Bonchev–Trinajstić information content (AvgIpc) is 3.28. The first-order valence-corrected chi connectivity index (χ1v) is 9.61. The van der Waals surface area contributed by atoms with E-state index in [9.17, 15) is 18.7 Å². The monoisotopic (exact) mass is 433 g/mol. The van der Waals surface area contributed by atoms with Crippen LogP contribution < -0.4 is 10.8 Å². The van der Waals surface area contributed by atoms with Gasteiger partial charge >= 0.3 is 5.82 Å². The molecular weight excluding hydrogens is 412 g/mol. The van der Waals surface area contributed by atoms with Crippen LogP contribution >= 0.6 is 0 Å². The fourth-order valence-corrected chi connectivity index (χ4v) is 3.46. The third kappa shape index (κ3) is 3.71. The Hall–Kier alpha value is -3.50. The number of amides is 1. The molecule has 0 unspecified atom stereocenters. The van der Waals surface area contributed by atoms with Gasteiger partial charge in [0.1, 0.15) is 42.7 Å². The Morgan fingerprint density at radius 1 is 1.45 bits per heavy atom. The highest BCUT2D eigenvalue weighted by Crippen LogP contribution is 2.31. The number of fused-ring (bicyclic) bond motifs is 2. The van der Waals surface area contributed by atoms with Crippen LogP contribution in [0.2, 0.25) is 0 Å². The first-order valence-electron chi connectivity index (χ1n) is 9.61. The molecule has 4 rings (SSSR count). The van der Waals surface area contributed by atoms with Crippen LogP contribution in [0.1, 0.15) is 13.8 Å². The summed E-state index contributed by atoms with van der Waals surface area (Å²) in [5.74, 6) is 0.412. The van der Waals surface area contributed by atoms with E-state index in [2.05, 4.69) is 9.98 Å². The Labute approximate surface area is 176 Å². The molecular formula is C20H21F2N5O4. The third-order valence-corrected chi connectivity index (χ3v) is 5.18. The van der Waals surface area contributed by atoms with Gasteiger partial charge in [0.25, 0.3) is 12.3 Å². The van der Waals surface area contributed by atoms with Crippen LogP contribution in [0.3, 0.4) is 0 Å². The lowest BCUT2D eigenvalue weighted by molar-refractivity contribution is -0.470. The number of carbonyl (C=O) groups excluding carboxylic acids is 1. The van der Waals surface area contributed by atoms with Crippen molar-refractivity contribution in [2.75, 3.05) is 19.8 Å². The molecule has 0 aromatic heterocycles. The number of primary amides is 1. The number of carbonyl (C=O) groups is 1. The number of allylic oxidation sites excluding steroid dienone is 3. The summed E-state index contributed by atoms with van der Waals surface area (Å²) in [7, 11) is 0. The lowest BCUT2D eigenvalue weighted by atomic mass is 10.0. The van der Waals surface area contributed by atoms with Gasteiger partial charge < -0.3 is 20.3 Å². The smallest absolute Gasteiger partial charge is 0.337 e. The van der Waals surface area contributed by atoms with E-state index in [1.807, 2.05) is 0 Å². The second-order valence-corrected chi connectivity index (χ2v) is 7.72. The number of alkyl halides is 2. The maximum absolute atomic E-state index is 13.5. The average molecular weight is 433 g/mol. The third-order valence-electron chi connectivity index (χ3n) is 5.18. The van der Waals surface area contributed by atoms with Gasteiger partial charge in [0, 0.05) is 6.08 Å². The fraction of sp³-hybridized carbons (Fsp3) is 0.400. The van der Waals surface area contributed by atoms with Gasteiger partial charge in [-0.25, -0.2) is 13.4 Å². The van der Waals surface area contributed by atoms with E-state index in [1.54, 1.807) is 42.9 Å². The van der Waals surface area contributed by atoms with Crippen molar-refractivity contribution in [1.82, 2.24) is 4.90 Å². The predicted molar refractivity (Wildman–Crippen MR) is 105 cm³/mol. The molecule has 1 amide bonds. The predicted octanol–water partition coefficient (Wildman–Crippen LogP) is 0.00730. The number of rotatable bonds is 3. The van der Waals surface area contributed by atoms with Gasteiger partial charge in [-0.3, -0.25) is 14.7 Å². The molecule has 3 aliphatic heterocycles. The number of halogens is 2. The first kappa shape index (κ1) is 20.8. The number of ether oxygens (including phenoxy) is 2. The molecule has 1 saturated heterocycles. The van der Waals surface area contributed by atoms with Gasteiger partial charge in [-0.05, 0) is 31.0 Å². The van der Waals surface area contributed by atoms with Crippen LogP contribution in [0.25, 0.3) is 0 Å². The Bertz CT molecular complexity index is 1040. The fourth-order valence-electron chi connectivity index (χ4n) is 3.46. The summed E-state index contributed by atoms with van der Waals surface area (Å²) in [4.78, 5) is 21.6. The SMILES string of the molecule is CC(C)(N=C1C=CC2=C3N=C(N4C(=C[O-])OC[C@H]4C(F)F)C=[N+]3CCOC2=C1)C(N)=O. The van der Waals surface area contributed by atoms with Crippen molar-refractivity contribution in [1.29, 1.82) is 0 Å². The second kappa shape index (κ2) is 7.64. The normalized spacial score (nSPS) is 25.6. The summed E-state index contributed by atoms with van der Waals surface area (Å²) >= 11 is 0. The van der Waals surface area contributed by atoms with E-state index in [4.69, 9.17) is 15.2 Å². The summed E-state index contributed by atoms with van der Waals surface area (Å²) in [6.45, 7) is 3.64. The summed E-state index contributed by atoms with van der Waals surface area (Å²) in [6.07, 6.45) is 4.38. The van der Waals surface area contributed by atoms with E-state index in [-0.39, 0.29) is 18.3 Å². The number of hydrogen-bond donors (Lipinski definition) is 1. The van der Waals surface area contributed by atoms with Gasteiger partial charge in [0.05, 0.1) is 5.71 Å². The molecule has 9 nitrogen and oxygen atoms in total. The van der Waals surface area contributed by atoms with Crippen molar-refractivity contribution in [3.05, 3.63) is 47.5 Å². The van der Waals surface area contributed by atoms with Crippen molar-refractivity contribution >= 4 is 23.7 Å². The van der Waals surface area contributed by atoms with Crippen LogP contribution in [-0.4, -0.2) is 70.9 Å². The topological polar surface area (TPSA) is 116 Å². The second-order valence-electron chi connectivity index (χ2n) is 7.72. The molecule has 164 valence electrons. The minimum Gasteiger partial charge on any atom is -0.874 e. The minimum atomic E-state index is -2.72. The van der Waals surface area contributed by atoms with Crippen LogP contribution in [0.4, 0.5) is 8.78 Å². The molecule has 0 aromatic rings. The zero-order chi connectivity index (χ0) is 22.3. The molecule has 0 saturated carbocycles. The zero-order valence-electron chi connectivity index (χ0n) is 16.9. The van der Waals surface area contributed by atoms with Gasteiger partial charge in [-0.2, -0.15) is 0 Å². The summed E-state index contributed by atoms with van der Waals surface area (Å²) in [5.41, 5.74) is 5.43. The lowest BCUT2D eigenvalue weighted by Crippen LogP contribution is -2.41. The standard InChI is InChI=1S/C20H21F2N5O4/c1-20(2,19(23)29)25-11-3-4-12-14(7-11)30-6-5-26-8-15(24-18(12)26)27-13(17(21)22)10-31-16(27)9-28/h3-4,7-9,13,17H,5-6,10H2,1-2H3,(H2-,23,28,29)/t13-/m0/s1. The molecule has 2 N–H and O–H groups in total. The van der Waals surface area contributed by atoms with Gasteiger partial charge in [0.2, 0.25) is 5.91 Å². The molecule has 11 heteroatoms. The van der Waals surface area contributed by atoms with Crippen LogP contribution in [-0.2, 0) is 14.3 Å². The molecule has 0 bridgehead atoms. The number of hydrogen-bond acceptors (Lipinski definition) is 7. The number of amidine groups is 1. The summed E-state index contributed by atoms with van der Waals surface area (Å²) in [5, 5.41) is 11.3. The first-order chi connectivity index (χ1) is 14.7. The quantitative estimate of drug-likeness (QED) is 0.497. The van der Waals surface area contributed by atoms with E-state index in [0.717, 1.165) is 4.90 Å². The maximum Gasteiger partial charge on any atom is 0.337 e. The van der Waals surface area contributed by atoms with Crippen molar-refractivity contribution in [2.45, 2.75) is 31.9 Å². The highest BCUT2D eigenvalue weighted by molar-refractivity contribution is 6.29. The van der Waals surface area contributed by atoms with Gasteiger partial charge in [0.15, 0.2) is 12.1 Å². The van der Waals surface area contributed by atoms with Gasteiger partial charge in [-0.1, -0.05) is 6.26 Å². The molecule has 31 heavy (non-hydrogen) atoms. The molecule has 1 aliphatic carbocycles. The molecule has 0 radical (unpaired) electrons. The molecule has 3 heterocycles. The van der Waals surface area contributed by atoms with E-state index < -0.39 is 23.9 Å².